The topological polar surface area (TPSA) is 80.3 Å². The van der Waals surface area contributed by atoms with Crippen LogP contribution in [0.4, 0.5) is 4.39 Å². The summed E-state index contributed by atoms with van der Waals surface area (Å²) in [6, 6.07) is 7.54. The van der Waals surface area contributed by atoms with E-state index in [9.17, 15) is 14.0 Å². The molecule has 1 aromatic heterocycles. The zero-order valence-electron chi connectivity index (χ0n) is 17.4. The van der Waals surface area contributed by atoms with Crippen LogP contribution < -0.4 is 14.2 Å². The fourth-order valence-electron chi connectivity index (χ4n) is 3.14. The van der Waals surface area contributed by atoms with Gasteiger partial charge in [-0.2, -0.15) is 0 Å². The smallest absolute Gasteiger partial charge is 0.348 e. The Kier molecular flexibility index (Phi) is 6.96. The van der Waals surface area contributed by atoms with Gasteiger partial charge in [0.15, 0.2) is 11.5 Å². The molecule has 0 fully saturated rings. The summed E-state index contributed by atoms with van der Waals surface area (Å²) in [6.07, 6.45) is 0. The highest BCUT2D eigenvalue weighted by molar-refractivity contribution is 7.21. The number of hydrogen-bond donors (Lipinski definition) is 0. The van der Waals surface area contributed by atoms with Gasteiger partial charge in [-0.15, -0.1) is 11.3 Å². The van der Waals surface area contributed by atoms with E-state index in [0.29, 0.717) is 10.4 Å². The predicted molar refractivity (Wildman–Crippen MR) is 113 cm³/mol. The molecule has 0 aliphatic rings. The maximum absolute atomic E-state index is 14.5. The lowest BCUT2D eigenvalue weighted by molar-refractivity contribution is 0.0451. The summed E-state index contributed by atoms with van der Waals surface area (Å²) < 4.78 is 41.4. The van der Waals surface area contributed by atoms with Crippen LogP contribution in [-0.4, -0.2) is 39.9 Å². The largest absolute Gasteiger partial charge is 0.493 e. The number of ether oxygens (including phenoxy) is 5. The Bertz CT molecular complexity index is 1120. The molecule has 0 spiro atoms. The first-order valence-electron chi connectivity index (χ1n) is 9.29. The molecule has 0 atom stereocenters. The van der Waals surface area contributed by atoms with Crippen molar-refractivity contribution in [3.05, 3.63) is 52.2 Å². The third-order valence-corrected chi connectivity index (χ3v) is 5.67. The van der Waals surface area contributed by atoms with E-state index in [2.05, 4.69) is 0 Å². The molecule has 9 heteroatoms. The Morgan fingerprint density at radius 3 is 2.32 bits per heavy atom. The van der Waals surface area contributed by atoms with Gasteiger partial charge in [0.25, 0.3) is 0 Å². The van der Waals surface area contributed by atoms with Crippen LogP contribution in [0.1, 0.15) is 32.5 Å². The number of esters is 2. The van der Waals surface area contributed by atoms with Crippen LogP contribution >= 0.6 is 11.3 Å². The molecule has 2 aromatic carbocycles. The van der Waals surface area contributed by atoms with Crippen LogP contribution in [0.3, 0.4) is 0 Å². The van der Waals surface area contributed by atoms with Crippen molar-refractivity contribution in [2.45, 2.75) is 13.5 Å². The number of thiophene rings is 1. The van der Waals surface area contributed by atoms with Gasteiger partial charge in [0.1, 0.15) is 22.9 Å². The van der Waals surface area contributed by atoms with E-state index >= 15 is 0 Å². The van der Waals surface area contributed by atoms with Gasteiger partial charge in [-0.25, -0.2) is 14.0 Å². The molecule has 0 amide bonds. The van der Waals surface area contributed by atoms with Crippen LogP contribution in [0, 0.1) is 5.82 Å². The predicted octanol–water partition coefficient (Wildman–Crippen LogP) is 4.60. The van der Waals surface area contributed by atoms with Crippen LogP contribution in [-0.2, 0) is 16.1 Å². The number of fused-ring (bicyclic) bond motifs is 1. The van der Waals surface area contributed by atoms with Gasteiger partial charge < -0.3 is 23.7 Å². The lowest BCUT2D eigenvalue weighted by Gasteiger charge is -2.15. The summed E-state index contributed by atoms with van der Waals surface area (Å²) in [5, 5.41) is 0.225. The highest BCUT2D eigenvalue weighted by atomic mass is 32.1. The number of benzene rings is 2. The normalized spacial score (nSPS) is 10.6. The molecule has 3 rings (SSSR count). The standard InChI is InChI=1S/C22H21FO7S/c1-5-29-22(25)20-13(17-14(23)7-6-8-16(17)31-20)11-30-21(24)12-9-10-15(26-2)19(28-4)18(12)27-3/h6-10H,5,11H2,1-4H3. The second-order valence-electron chi connectivity index (χ2n) is 6.20. The van der Waals surface area contributed by atoms with Crippen LogP contribution in [0.25, 0.3) is 10.1 Å². The summed E-state index contributed by atoms with van der Waals surface area (Å²) >= 11 is 1.09. The van der Waals surface area contributed by atoms with Crippen LogP contribution in [0.5, 0.6) is 17.2 Å². The van der Waals surface area contributed by atoms with Crippen LogP contribution in [0.15, 0.2) is 30.3 Å². The molecule has 0 N–H and O–H groups in total. The van der Waals surface area contributed by atoms with Crippen molar-refractivity contribution >= 4 is 33.4 Å². The fourth-order valence-corrected chi connectivity index (χ4v) is 4.26. The summed E-state index contributed by atoms with van der Waals surface area (Å²) in [5.41, 5.74) is 0.349. The third kappa shape index (κ3) is 4.27. The SMILES string of the molecule is CCOC(=O)c1sc2cccc(F)c2c1COC(=O)c1ccc(OC)c(OC)c1OC. The molecule has 164 valence electrons. The second-order valence-corrected chi connectivity index (χ2v) is 7.25. The van der Waals surface area contributed by atoms with E-state index in [-0.39, 0.29) is 46.1 Å². The first kappa shape index (κ1) is 22.4. The van der Waals surface area contributed by atoms with Gasteiger partial charge in [-0.3, -0.25) is 0 Å². The van der Waals surface area contributed by atoms with Crippen molar-refractivity contribution in [3.63, 3.8) is 0 Å². The first-order chi connectivity index (χ1) is 15.0. The molecule has 7 nitrogen and oxygen atoms in total. The van der Waals surface area contributed by atoms with Crippen molar-refractivity contribution in [1.29, 1.82) is 0 Å². The number of hydrogen-bond acceptors (Lipinski definition) is 8. The fraction of sp³-hybridized carbons (Fsp3) is 0.273. The van der Waals surface area contributed by atoms with Gasteiger partial charge in [-0.1, -0.05) is 6.07 Å². The van der Waals surface area contributed by atoms with Crippen molar-refractivity contribution in [3.8, 4) is 17.2 Å². The molecule has 0 saturated heterocycles. The molecule has 0 unspecified atom stereocenters. The van der Waals surface area contributed by atoms with Gasteiger partial charge >= 0.3 is 11.9 Å². The minimum absolute atomic E-state index is 0.0952. The highest BCUT2D eigenvalue weighted by Crippen LogP contribution is 2.40. The quantitative estimate of drug-likeness (QED) is 0.466. The van der Waals surface area contributed by atoms with Gasteiger partial charge in [0.2, 0.25) is 5.75 Å². The molecule has 0 saturated carbocycles. The third-order valence-electron chi connectivity index (χ3n) is 4.50. The van der Waals surface area contributed by atoms with Crippen molar-refractivity contribution in [1.82, 2.24) is 0 Å². The summed E-state index contributed by atoms with van der Waals surface area (Å²) in [4.78, 5) is 25.4. The lowest BCUT2D eigenvalue weighted by atomic mass is 10.1. The Morgan fingerprint density at radius 1 is 0.935 bits per heavy atom. The van der Waals surface area contributed by atoms with E-state index in [4.69, 9.17) is 23.7 Å². The molecule has 31 heavy (non-hydrogen) atoms. The zero-order chi connectivity index (χ0) is 22.5. The summed E-state index contributed by atoms with van der Waals surface area (Å²) in [6.45, 7) is 1.51. The number of rotatable bonds is 8. The molecule has 1 heterocycles. The number of methoxy groups -OCH3 is 3. The number of halogens is 1. The van der Waals surface area contributed by atoms with E-state index in [1.165, 1.54) is 33.5 Å². The molecular weight excluding hydrogens is 427 g/mol. The van der Waals surface area contributed by atoms with Crippen molar-refractivity contribution < 1.29 is 37.7 Å². The Morgan fingerprint density at radius 2 is 1.68 bits per heavy atom. The Hall–Kier alpha value is -3.33. The monoisotopic (exact) mass is 448 g/mol. The van der Waals surface area contributed by atoms with Crippen molar-refractivity contribution in [2.75, 3.05) is 27.9 Å². The Balaban J connectivity index is 1.97. The van der Waals surface area contributed by atoms with E-state index < -0.39 is 17.8 Å². The van der Waals surface area contributed by atoms with E-state index in [1.54, 1.807) is 25.1 Å². The van der Waals surface area contributed by atoms with Gasteiger partial charge in [0, 0.05) is 15.6 Å². The Labute approximate surface area is 182 Å². The minimum atomic E-state index is -0.733. The molecule has 0 bridgehead atoms. The summed E-state index contributed by atoms with van der Waals surface area (Å²) in [5.74, 6) is -1.09. The zero-order valence-corrected chi connectivity index (χ0v) is 18.3. The first-order valence-corrected chi connectivity index (χ1v) is 10.1. The maximum Gasteiger partial charge on any atom is 0.348 e. The summed E-state index contributed by atoms with van der Waals surface area (Å²) in [7, 11) is 4.26. The minimum Gasteiger partial charge on any atom is -0.493 e. The average Bonchev–Trinajstić information content (AvgIpc) is 3.16. The number of carbonyl (C=O) groups is 2. The van der Waals surface area contributed by atoms with E-state index in [1.807, 2.05) is 0 Å². The maximum atomic E-state index is 14.5. The molecular formula is C22H21FO7S. The van der Waals surface area contributed by atoms with Gasteiger partial charge in [-0.05, 0) is 31.2 Å². The lowest BCUT2D eigenvalue weighted by Crippen LogP contribution is -2.11. The van der Waals surface area contributed by atoms with Gasteiger partial charge in [0.05, 0.1) is 27.9 Å². The molecule has 0 aliphatic heterocycles. The molecule has 0 radical (unpaired) electrons. The number of carbonyl (C=O) groups excluding carboxylic acids is 2. The second kappa shape index (κ2) is 9.65. The molecule has 0 aliphatic carbocycles. The van der Waals surface area contributed by atoms with Crippen molar-refractivity contribution in [2.24, 2.45) is 0 Å². The van der Waals surface area contributed by atoms with Crippen LogP contribution in [0.2, 0.25) is 0 Å². The average molecular weight is 448 g/mol. The highest BCUT2D eigenvalue weighted by Gasteiger charge is 2.25. The molecule has 3 aromatic rings. The van der Waals surface area contributed by atoms with E-state index in [0.717, 1.165) is 11.3 Å².